The number of aromatic nitrogens is 3. The van der Waals surface area contributed by atoms with Crippen LogP contribution < -0.4 is 5.32 Å². The molecule has 3 aromatic rings. The Kier molecular flexibility index (Phi) is 3.43. The highest BCUT2D eigenvalue weighted by molar-refractivity contribution is 6.29. The summed E-state index contributed by atoms with van der Waals surface area (Å²) in [7, 11) is 0. The van der Waals surface area contributed by atoms with Crippen LogP contribution in [-0.4, -0.2) is 31.6 Å². The Morgan fingerprint density at radius 3 is 2.08 bits per heavy atom. The molecular formula is C17H8F2N4O3. The second-order valence-electron chi connectivity index (χ2n) is 5.41. The first-order chi connectivity index (χ1) is 12.5. The van der Waals surface area contributed by atoms with Gasteiger partial charge in [0.15, 0.2) is 17.3 Å². The fourth-order valence-electron chi connectivity index (χ4n) is 2.77. The van der Waals surface area contributed by atoms with E-state index in [0.29, 0.717) is 0 Å². The molecule has 0 radical (unpaired) electrons. The standard InChI is InChI=1S/C17H8F2N4O3/c18-15-21-16(19)23-17(22-15)20-10-6-5-9-11(14(10)26)13(25)8-4-2-1-3-7(8)12(9)24/h1-6,26H,(H,20,21,22,23). The van der Waals surface area contributed by atoms with Gasteiger partial charge in [0.1, 0.15) is 0 Å². The minimum Gasteiger partial charge on any atom is -0.505 e. The maximum absolute atomic E-state index is 13.1. The zero-order valence-electron chi connectivity index (χ0n) is 12.8. The number of hydrogen-bond acceptors (Lipinski definition) is 7. The van der Waals surface area contributed by atoms with Crippen LogP contribution in [0.25, 0.3) is 0 Å². The van der Waals surface area contributed by atoms with Crippen LogP contribution in [0.15, 0.2) is 36.4 Å². The first kappa shape index (κ1) is 15.8. The van der Waals surface area contributed by atoms with E-state index in [1.165, 1.54) is 24.3 Å². The third-order valence-electron chi connectivity index (χ3n) is 3.89. The molecule has 2 aromatic carbocycles. The zero-order chi connectivity index (χ0) is 18.4. The smallest absolute Gasteiger partial charge is 0.315 e. The molecular weight excluding hydrogens is 346 g/mol. The fraction of sp³-hybridized carbons (Fsp3) is 0. The molecule has 0 saturated carbocycles. The van der Waals surface area contributed by atoms with E-state index in [-0.39, 0.29) is 27.9 Å². The number of anilines is 2. The number of aromatic hydroxyl groups is 1. The lowest BCUT2D eigenvalue weighted by Crippen LogP contribution is -2.21. The van der Waals surface area contributed by atoms with Crippen LogP contribution in [0.2, 0.25) is 0 Å². The van der Waals surface area contributed by atoms with E-state index in [1.54, 1.807) is 12.1 Å². The molecule has 0 fully saturated rings. The van der Waals surface area contributed by atoms with Crippen molar-refractivity contribution in [3.05, 3.63) is 70.8 Å². The second-order valence-corrected chi connectivity index (χ2v) is 5.41. The van der Waals surface area contributed by atoms with Gasteiger partial charge in [0.25, 0.3) is 0 Å². The number of fused-ring (bicyclic) bond motifs is 2. The SMILES string of the molecule is O=C1c2ccccc2C(=O)c2c1ccc(Nc1nc(F)nc(F)n1)c2O. The minimum absolute atomic E-state index is 0.0322. The van der Waals surface area contributed by atoms with Crippen molar-refractivity contribution >= 4 is 23.2 Å². The summed E-state index contributed by atoms with van der Waals surface area (Å²) in [5.74, 6) is -1.99. The van der Waals surface area contributed by atoms with Gasteiger partial charge in [-0.2, -0.15) is 23.7 Å². The molecule has 2 N–H and O–H groups in total. The van der Waals surface area contributed by atoms with E-state index >= 15 is 0 Å². The van der Waals surface area contributed by atoms with Gasteiger partial charge >= 0.3 is 12.2 Å². The van der Waals surface area contributed by atoms with Crippen molar-refractivity contribution in [2.75, 3.05) is 5.32 Å². The molecule has 4 rings (SSSR count). The highest BCUT2D eigenvalue weighted by Crippen LogP contribution is 2.38. The van der Waals surface area contributed by atoms with Crippen LogP contribution in [-0.2, 0) is 0 Å². The quantitative estimate of drug-likeness (QED) is 0.533. The normalized spacial score (nSPS) is 12.5. The van der Waals surface area contributed by atoms with Gasteiger partial charge in [-0.1, -0.05) is 24.3 Å². The topological polar surface area (TPSA) is 105 Å². The van der Waals surface area contributed by atoms with Crippen LogP contribution in [0.5, 0.6) is 5.75 Å². The third-order valence-corrected chi connectivity index (χ3v) is 3.89. The van der Waals surface area contributed by atoms with Crippen molar-refractivity contribution < 1.29 is 23.5 Å². The number of ketones is 2. The number of carbonyl (C=O) groups excluding carboxylic acids is 2. The van der Waals surface area contributed by atoms with Crippen LogP contribution in [0, 0.1) is 12.2 Å². The predicted molar refractivity (Wildman–Crippen MR) is 84.4 cm³/mol. The number of phenols is 1. The van der Waals surface area contributed by atoms with Crippen molar-refractivity contribution in [2.45, 2.75) is 0 Å². The predicted octanol–water partition coefficient (Wildman–Crippen LogP) is 2.37. The van der Waals surface area contributed by atoms with Crippen LogP contribution >= 0.6 is 0 Å². The number of hydrogen-bond donors (Lipinski definition) is 2. The summed E-state index contributed by atoms with van der Waals surface area (Å²) in [6.07, 6.45) is -2.70. The van der Waals surface area contributed by atoms with Crippen molar-refractivity contribution in [1.82, 2.24) is 15.0 Å². The van der Waals surface area contributed by atoms with E-state index in [4.69, 9.17) is 0 Å². The fourth-order valence-corrected chi connectivity index (χ4v) is 2.77. The van der Waals surface area contributed by atoms with Gasteiger partial charge in [0.2, 0.25) is 5.95 Å². The van der Waals surface area contributed by atoms with Gasteiger partial charge in [-0.15, -0.1) is 0 Å². The molecule has 1 aliphatic rings. The van der Waals surface area contributed by atoms with Gasteiger partial charge in [-0.25, -0.2) is 0 Å². The molecule has 0 unspecified atom stereocenters. The van der Waals surface area contributed by atoms with Crippen LogP contribution in [0.1, 0.15) is 31.8 Å². The molecule has 0 saturated heterocycles. The summed E-state index contributed by atoms with van der Waals surface area (Å²) in [6.45, 7) is 0. The van der Waals surface area contributed by atoms with Gasteiger partial charge in [0, 0.05) is 16.7 Å². The largest absolute Gasteiger partial charge is 0.505 e. The van der Waals surface area contributed by atoms with Crippen LogP contribution in [0.4, 0.5) is 20.4 Å². The molecule has 1 aliphatic carbocycles. The Morgan fingerprint density at radius 1 is 0.808 bits per heavy atom. The summed E-state index contributed by atoms with van der Waals surface area (Å²) in [4.78, 5) is 34.5. The molecule has 128 valence electrons. The molecule has 0 aliphatic heterocycles. The molecule has 0 bridgehead atoms. The van der Waals surface area contributed by atoms with E-state index in [2.05, 4.69) is 20.3 Å². The van der Waals surface area contributed by atoms with Crippen molar-refractivity contribution in [1.29, 1.82) is 0 Å². The number of benzene rings is 2. The lowest BCUT2D eigenvalue weighted by Gasteiger charge is -2.19. The molecule has 26 heavy (non-hydrogen) atoms. The molecule has 9 heteroatoms. The number of carbonyl (C=O) groups is 2. The number of phenolic OH excluding ortho intramolecular Hbond substituents is 1. The van der Waals surface area contributed by atoms with Gasteiger partial charge in [0.05, 0.1) is 11.3 Å². The lowest BCUT2D eigenvalue weighted by atomic mass is 9.83. The maximum Gasteiger partial charge on any atom is 0.315 e. The average Bonchev–Trinajstić information content (AvgIpc) is 2.60. The summed E-state index contributed by atoms with van der Waals surface area (Å²) in [5, 5.41) is 12.9. The first-order valence-corrected chi connectivity index (χ1v) is 7.34. The number of nitrogens with zero attached hydrogens (tertiary/aromatic N) is 3. The van der Waals surface area contributed by atoms with Gasteiger partial charge in [-0.3, -0.25) is 9.59 Å². The Bertz CT molecular complexity index is 1080. The third kappa shape index (κ3) is 2.37. The number of nitrogens with one attached hydrogen (secondary N) is 1. The summed E-state index contributed by atoms with van der Waals surface area (Å²) in [5.41, 5.74) is 0.147. The summed E-state index contributed by atoms with van der Waals surface area (Å²) >= 11 is 0. The molecule has 0 atom stereocenters. The Hall–Kier alpha value is -3.75. The minimum atomic E-state index is -1.35. The van der Waals surface area contributed by atoms with E-state index in [1.807, 2.05) is 0 Å². The second kappa shape index (κ2) is 5.66. The Labute approximate surface area is 144 Å². The number of halogens is 2. The van der Waals surface area contributed by atoms with E-state index in [9.17, 15) is 23.5 Å². The maximum atomic E-state index is 13.1. The molecule has 1 heterocycles. The molecule has 1 aromatic heterocycles. The first-order valence-electron chi connectivity index (χ1n) is 7.34. The average molecular weight is 354 g/mol. The van der Waals surface area contributed by atoms with E-state index < -0.39 is 35.4 Å². The van der Waals surface area contributed by atoms with Gasteiger partial charge in [-0.05, 0) is 12.1 Å². The van der Waals surface area contributed by atoms with Crippen LogP contribution in [0.3, 0.4) is 0 Å². The van der Waals surface area contributed by atoms with Crippen molar-refractivity contribution in [3.8, 4) is 5.75 Å². The van der Waals surface area contributed by atoms with E-state index in [0.717, 1.165) is 0 Å². The molecule has 0 amide bonds. The van der Waals surface area contributed by atoms with Crippen molar-refractivity contribution in [3.63, 3.8) is 0 Å². The highest BCUT2D eigenvalue weighted by atomic mass is 19.1. The Morgan fingerprint density at radius 2 is 1.42 bits per heavy atom. The monoisotopic (exact) mass is 354 g/mol. The summed E-state index contributed by atoms with van der Waals surface area (Å²) < 4.78 is 26.2. The van der Waals surface area contributed by atoms with Gasteiger partial charge < -0.3 is 10.4 Å². The van der Waals surface area contributed by atoms with Crippen molar-refractivity contribution in [2.24, 2.45) is 0 Å². The molecule has 7 nitrogen and oxygen atoms in total. The number of rotatable bonds is 2. The Balaban J connectivity index is 1.82. The highest BCUT2D eigenvalue weighted by Gasteiger charge is 2.32. The molecule has 0 spiro atoms. The lowest BCUT2D eigenvalue weighted by molar-refractivity contribution is 0.0977. The zero-order valence-corrected chi connectivity index (χ0v) is 12.8. The summed E-state index contributed by atoms with van der Waals surface area (Å²) in [6, 6.07) is 8.86.